The van der Waals surface area contributed by atoms with E-state index >= 15 is 0 Å². The number of nitrogens with zero attached hydrogens (tertiary/aromatic N) is 2. The molecule has 0 bridgehead atoms. The van der Waals surface area contributed by atoms with Crippen LogP contribution in [0.5, 0.6) is 0 Å². The number of hydrogen-bond acceptors (Lipinski definition) is 4. The summed E-state index contributed by atoms with van der Waals surface area (Å²) < 4.78 is 0. The van der Waals surface area contributed by atoms with Gasteiger partial charge in [-0.25, -0.2) is 0 Å². The normalized spacial score (nSPS) is 18.3. The molecule has 1 aliphatic rings. The molecule has 1 fully saturated rings. The van der Waals surface area contributed by atoms with Gasteiger partial charge in [0, 0.05) is 18.5 Å². The third-order valence-corrected chi connectivity index (χ3v) is 2.96. The van der Waals surface area contributed by atoms with Gasteiger partial charge in [-0.05, 0) is 31.9 Å². The Morgan fingerprint density at radius 1 is 1.47 bits per heavy atom. The van der Waals surface area contributed by atoms with E-state index in [1.165, 1.54) is 19.3 Å². The average molecular weight is 206 g/mol. The van der Waals surface area contributed by atoms with Crippen LogP contribution in [-0.2, 0) is 0 Å². The van der Waals surface area contributed by atoms with E-state index in [-0.39, 0.29) is 6.04 Å². The van der Waals surface area contributed by atoms with Crippen molar-refractivity contribution in [2.75, 3.05) is 11.9 Å². The molecule has 3 N–H and O–H groups in total. The lowest BCUT2D eigenvalue weighted by Crippen LogP contribution is -2.25. The molecule has 2 rings (SSSR count). The summed E-state index contributed by atoms with van der Waals surface area (Å²) in [5.74, 6) is 1.47. The van der Waals surface area contributed by atoms with Crippen molar-refractivity contribution in [2.24, 2.45) is 5.73 Å². The van der Waals surface area contributed by atoms with E-state index in [2.05, 4.69) is 21.6 Å². The summed E-state index contributed by atoms with van der Waals surface area (Å²) in [6.45, 7) is 2.63. The highest BCUT2D eigenvalue weighted by atomic mass is 15.2. The Bertz CT molecular complexity index is 305. The van der Waals surface area contributed by atoms with Crippen molar-refractivity contribution in [3.8, 4) is 0 Å². The van der Waals surface area contributed by atoms with Crippen LogP contribution in [0.1, 0.15) is 37.8 Å². The third kappa shape index (κ3) is 2.45. The second kappa shape index (κ2) is 4.57. The Hall–Kier alpha value is -1.16. The highest BCUT2D eigenvalue weighted by Gasteiger charge is 2.20. The zero-order valence-corrected chi connectivity index (χ0v) is 9.11. The standard InChI is InChI=1S/C11H18N4/c1-8(7-12)13-11-6-5-10(14-15-11)9-3-2-4-9/h5-6,8-9H,2-4,7,12H2,1H3,(H,13,15). The molecule has 1 aromatic heterocycles. The lowest BCUT2D eigenvalue weighted by atomic mass is 9.83. The summed E-state index contributed by atoms with van der Waals surface area (Å²) in [5.41, 5.74) is 6.65. The zero-order valence-electron chi connectivity index (χ0n) is 9.11. The molecule has 0 aliphatic heterocycles. The van der Waals surface area contributed by atoms with Gasteiger partial charge in [0.05, 0.1) is 5.69 Å². The lowest BCUT2D eigenvalue weighted by molar-refractivity contribution is 0.408. The van der Waals surface area contributed by atoms with Crippen molar-refractivity contribution in [1.82, 2.24) is 10.2 Å². The summed E-state index contributed by atoms with van der Waals surface area (Å²) in [4.78, 5) is 0. The Morgan fingerprint density at radius 3 is 2.73 bits per heavy atom. The maximum Gasteiger partial charge on any atom is 0.148 e. The summed E-state index contributed by atoms with van der Waals surface area (Å²) in [5, 5.41) is 11.6. The van der Waals surface area contributed by atoms with Gasteiger partial charge < -0.3 is 11.1 Å². The first-order valence-corrected chi connectivity index (χ1v) is 5.60. The van der Waals surface area contributed by atoms with Crippen molar-refractivity contribution >= 4 is 5.82 Å². The number of nitrogens with two attached hydrogens (primary N) is 1. The molecule has 1 aliphatic carbocycles. The summed E-state index contributed by atoms with van der Waals surface area (Å²) in [6, 6.07) is 4.31. The Labute approximate surface area is 90.3 Å². The van der Waals surface area contributed by atoms with Crippen LogP contribution in [0.3, 0.4) is 0 Å². The summed E-state index contributed by atoms with van der Waals surface area (Å²) in [6.07, 6.45) is 3.86. The fraction of sp³-hybridized carbons (Fsp3) is 0.636. The molecule has 1 saturated carbocycles. The van der Waals surface area contributed by atoms with Crippen molar-refractivity contribution in [1.29, 1.82) is 0 Å². The Kier molecular flexibility index (Phi) is 3.16. The quantitative estimate of drug-likeness (QED) is 0.783. The topological polar surface area (TPSA) is 63.8 Å². The van der Waals surface area contributed by atoms with Crippen LogP contribution in [0, 0.1) is 0 Å². The highest BCUT2D eigenvalue weighted by molar-refractivity contribution is 5.34. The van der Waals surface area contributed by atoms with Crippen LogP contribution in [-0.4, -0.2) is 22.8 Å². The van der Waals surface area contributed by atoms with Gasteiger partial charge in [-0.15, -0.1) is 5.10 Å². The van der Waals surface area contributed by atoms with E-state index in [0.29, 0.717) is 12.5 Å². The molecule has 15 heavy (non-hydrogen) atoms. The molecule has 1 atom stereocenters. The monoisotopic (exact) mass is 206 g/mol. The molecular formula is C11H18N4. The molecule has 82 valence electrons. The van der Waals surface area contributed by atoms with Gasteiger partial charge in [0.25, 0.3) is 0 Å². The van der Waals surface area contributed by atoms with Crippen LogP contribution < -0.4 is 11.1 Å². The van der Waals surface area contributed by atoms with Crippen LogP contribution in [0.15, 0.2) is 12.1 Å². The predicted molar refractivity (Wildman–Crippen MR) is 60.8 cm³/mol. The molecule has 0 aromatic carbocycles. The number of anilines is 1. The molecule has 4 nitrogen and oxygen atoms in total. The van der Waals surface area contributed by atoms with E-state index in [4.69, 9.17) is 5.73 Å². The minimum Gasteiger partial charge on any atom is -0.365 e. The van der Waals surface area contributed by atoms with E-state index in [9.17, 15) is 0 Å². The molecule has 1 unspecified atom stereocenters. The van der Waals surface area contributed by atoms with E-state index < -0.39 is 0 Å². The Balaban J connectivity index is 1.97. The first-order chi connectivity index (χ1) is 7.29. The van der Waals surface area contributed by atoms with Gasteiger partial charge in [0.1, 0.15) is 5.82 Å². The molecular weight excluding hydrogens is 188 g/mol. The molecule has 0 spiro atoms. The minimum atomic E-state index is 0.244. The largest absolute Gasteiger partial charge is 0.365 e. The molecule has 0 radical (unpaired) electrons. The highest BCUT2D eigenvalue weighted by Crippen LogP contribution is 2.34. The van der Waals surface area contributed by atoms with Gasteiger partial charge in [-0.2, -0.15) is 5.10 Å². The van der Waals surface area contributed by atoms with Crippen molar-refractivity contribution in [3.63, 3.8) is 0 Å². The predicted octanol–water partition coefficient (Wildman–Crippen LogP) is 1.50. The van der Waals surface area contributed by atoms with E-state index in [1.807, 2.05) is 13.0 Å². The van der Waals surface area contributed by atoms with Crippen LogP contribution in [0.25, 0.3) is 0 Å². The Morgan fingerprint density at radius 2 is 2.27 bits per heavy atom. The fourth-order valence-electron chi connectivity index (χ4n) is 1.65. The molecule has 1 aromatic rings. The zero-order chi connectivity index (χ0) is 10.7. The van der Waals surface area contributed by atoms with E-state index in [1.54, 1.807) is 0 Å². The van der Waals surface area contributed by atoms with Gasteiger partial charge in [0.2, 0.25) is 0 Å². The summed E-state index contributed by atoms with van der Waals surface area (Å²) in [7, 11) is 0. The molecule has 1 heterocycles. The number of rotatable bonds is 4. The second-order valence-electron chi connectivity index (χ2n) is 4.25. The second-order valence-corrected chi connectivity index (χ2v) is 4.25. The molecule has 0 saturated heterocycles. The molecule has 4 heteroatoms. The maximum absolute atomic E-state index is 5.52. The fourth-order valence-corrected chi connectivity index (χ4v) is 1.65. The minimum absolute atomic E-state index is 0.244. The number of nitrogens with one attached hydrogen (secondary N) is 1. The van der Waals surface area contributed by atoms with Crippen LogP contribution in [0.2, 0.25) is 0 Å². The van der Waals surface area contributed by atoms with E-state index in [0.717, 1.165) is 11.5 Å². The molecule has 0 amide bonds. The lowest BCUT2D eigenvalue weighted by Gasteiger charge is -2.24. The SMILES string of the molecule is CC(CN)Nc1ccc(C2CCC2)nn1. The smallest absolute Gasteiger partial charge is 0.148 e. The third-order valence-electron chi connectivity index (χ3n) is 2.96. The first kappa shape index (κ1) is 10.4. The van der Waals surface area contributed by atoms with Crippen molar-refractivity contribution in [2.45, 2.75) is 38.1 Å². The van der Waals surface area contributed by atoms with Gasteiger partial charge in [-0.3, -0.25) is 0 Å². The van der Waals surface area contributed by atoms with Crippen LogP contribution in [0.4, 0.5) is 5.82 Å². The van der Waals surface area contributed by atoms with Crippen molar-refractivity contribution < 1.29 is 0 Å². The van der Waals surface area contributed by atoms with Gasteiger partial charge in [0.15, 0.2) is 0 Å². The van der Waals surface area contributed by atoms with Crippen LogP contribution >= 0.6 is 0 Å². The van der Waals surface area contributed by atoms with Crippen molar-refractivity contribution in [3.05, 3.63) is 17.8 Å². The van der Waals surface area contributed by atoms with Gasteiger partial charge >= 0.3 is 0 Å². The number of aromatic nitrogens is 2. The number of hydrogen-bond donors (Lipinski definition) is 2. The van der Waals surface area contributed by atoms with Gasteiger partial charge in [-0.1, -0.05) is 6.42 Å². The maximum atomic E-state index is 5.52. The average Bonchev–Trinajstić information content (AvgIpc) is 2.18. The summed E-state index contributed by atoms with van der Waals surface area (Å²) >= 11 is 0. The first-order valence-electron chi connectivity index (χ1n) is 5.60.